The Morgan fingerprint density at radius 1 is 1.28 bits per heavy atom. The van der Waals surface area contributed by atoms with E-state index in [1.807, 2.05) is 0 Å². The first-order chi connectivity index (χ1) is 8.81. The molecule has 1 heterocycles. The molecule has 3 N–H and O–H groups in total. The first-order valence-electron chi connectivity index (χ1n) is 7.57. The third-order valence-electron chi connectivity index (χ3n) is 3.75. The quantitative estimate of drug-likeness (QED) is 0.261. The number of nitrogens with zero attached hydrogens (tertiary/aromatic N) is 2. The third kappa shape index (κ3) is 5.25. The number of hydrogen-bond acceptors (Lipinski definition) is 2. The summed E-state index contributed by atoms with van der Waals surface area (Å²) >= 11 is 0. The van der Waals surface area contributed by atoms with Gasteiger partial charge in [0.1, 0.15) is 0 Å². The van der Waals surface area contributed by atoms with Crippen LogP contribution in [0.5, 0.6) is 0 Å². The molecule has 0 aromatic carbocycles. The van der Waals surface area contributed by atoms with Gasteiger partial charge in [0.2, 0.25) is 5.96 Å². The van der Waals surface area contributed by atoms with E-state index in [4.69, 9.17) is 5.84 Å². The summed E-state index contributed by atoms with van der Waals surface area (Å²) in [7, 11) is 0. The standard InChI is InChI=1S/C14H30N4/c1-3-5-10-16-14(17-15)18-11-6-8-13(7-4-2)9-12-18/h13H,3-12,15H2,1-2H3,(H,16,17). The van der Waals surface area contributed by atoms with Gasteiger partial charge in [0.15, 0.2) is 0 Å². The van der Waals surface area contributed by atoms with E-state index in [9.17, 15) is 0 Å². The van der Waals surface area contributed by atoms with Crippen LogP contribution in [0.2, 0.25) is 0 Å². The molecule has 1 unspecified atom stereocenters. The van der Waals surface area contributed by atoms with E-state index in [1.54, 1.807) is 0 Å². The molecule has 1 aliphatic heterocycles. The summed E-state index contributed by atoms with van der Waals surface area (Å²) in [5, 5.41) is 0. The molecule has 4 nitrogen and oxygen atoms in total. The van der Waals surface area contributed by atoms with Crippen LogP contribution in [0.1, 0.15) is 58.8 Å². The Hall–Kier alpha value is -0.770. The Bertz CT molecular complexity index is 240. The number of unbranched alkanes of at least 4 members (excludes halogenated alkanes) is 1. The fraction of sp³-hybridized carbons (Fsp3) is 0.929. The summed E-state index contributed by atoms with van der Waals surface area (Å²) < 4.78 is 0. The van der Waals surface area contributed by atoms with E-state index in [-0.39, 0.29) is 0 Å². The molecule has 0 aromatic heterocycles. The average molecular weight is 254 g/mol. The lowest BCUT2D eigenvalue weighted by Crippen LogP contribution is -2.45. The van der Waals surface area contributed by atoms with Crippen molar-refractivity contribution in [3.8, 4) is 0 Å². The second-order valence-corrected chi connectivity index (χ2v) is 5.28. The lowest BCUT2D eigenvalue weighted by molar-refractivity contribution is 0.392. The van der Waals surface area contributed by atoms with Crippen LogP contribution in [-0.2, 0) is 0 Å². The Labute approximate surface area is 112 Å². The molecular formula is C14H30N4. The molecule has 0 radical (unpaired) electrons. The smallest absolute Gasteiger partial charge is 0.208 e. The number of aliphatic imine (C=N–C) groups is 1. The zero-order valence-electron chi connectivity index (χ0n) is 12.1. The van der Waals surface area contributed by atoms with Gasteiger partial charge in [-0.25, -0.2) is 5.84 Å². The van der Waals surface area contributed by atoms with Gasteiger partial charge in [0, 0.05) is 19.6 Å². The van der Waals surface area contributed by atoms with Gasteiger partial charge >= 0.3 is 0 Å². The summed E-state index contributed by atoms with van der Waals surface area (Å²) in [6.07, 6.45) is 8.89. The zero-order chi connectivity index (χ0) is 13.2. The van der Waals surface area contributed by atoms with Crippen molar-refractivity contribution in [2.45, 2.75) is 58.8 Å². The molecule has 1 rings (SSSR count). The van der Waals surface area contributed by atoms with Gasteiger partial charge in [-0.15, -0.1) is 0 Å². The van der Waals surface area contributed by atoms with Crippen LogP contribution >= 0.6 is 0 Å². The lowest BCUT2D eigenvalue weighted by Gasteiger charge is -2.23. The Morgan fingerprint density at radius 2 is 2.11 bits per heavy atom. The van der Waals surface area contributed by atoms with Crippen LogP contribution in [0.4, 0.5) is 0 Å². The lowest BCUT2D eigenvalue weighted by atomic mass is 9.96. The van der Waals surface area contributed by atoms with Crippen LogP contribution in [0.15, 0.2) is 4.99 Å². The van der Waals surface area contributed by atoms with Gasteiger partial charge in [0.25, 0.3) is 0 Å². The van der Waals surface area contributed by atoms with Crippen LogP contribution in [-0.4, -0.2) is 30.5 Å². The normalized spacial score (nSPS) is 21.8. The number of nitrogens with two attached hydrogens (primary N) is 1. The van der Waals surface area contributed by atoms with Crippen LogP contribution in [0.25, 0.3) is 0 Å². The molecule has 18 heavy (non-hydrogen) atoms. The van der Waals surface area contributed by atoms with Gasteiger partial charge in [0.05, 0.1) is 0 Å². The summed E-state index contributed by atoms with van der Waals surface area (Å²) in [5.41, 5.74) is 2.78. The van der Waals surface area contributed by atoms with Crippen LogP contribution in [0.3, 0.4) is 0 Å². The maximum atomic E-state index is 5.61. The van der Waals surface area contributed by atoms with Gasteiger partial charge in [-0.05, 0) is 31.6 Å². The second kappa shape index (κ2) is 9.20. The number of nitrogens with one attached hydrogen (secondary N) is 1. The van der Waals surface area contributed by atoms with E-state index in [1.165, 1.54) is 38.5 Å². The minimum absolute atomic E-state index is 0.880. The van der Waals surface area contributed by atoms with Crippen LogP contribution in [0, 0.1) is 5.92 Å². The summed E-state index contributed by atoms with van der Waals surface area (Å²) in [6.45, 7) is 7.54. The first-order valence-corrected chi connectivity index (χ1v) is 7.57. The maximum Gasteiger partial charge on any atom is 0.208 e. The van der Waals surface area contributed by atoms with E-state index in [0.717, 1.165) is 37.9 Å². The number of guanidine groups is 1. The van der Waals surface area contributed by atoms with Gasteiger partial charge < -0.3 is 4.90 Å². The second-order valence-electron chi connectivity index (χ2n) is 5.28. The predicted molar refractivity (Wildman–Crippen MR) is 78.4 cm³/mol. The molecule has 1 saturated heterocycles. The van der Waals surface area contributed by atoms with Gasteiger partial charge in [-0.3, -0.25) is 10.4 Å². The number of rotatable bonds is 5. The molecule has 0 aliphatic carbocycles. The minimum Gasteiger partial charge on any atom is -0.342 e. The fourth-order valence-corrected chi connectivity index (χ4v) is 2.65. The van der Waals surface area contributed by atoms with E-state index >= 15 is 0 Å². The highest BCUT2D eigenvalue weighted by Crippen LogP contribution is 2.21. The zero-order valence-corrected chi connectivity index (χ0v) is 12.1. The fourth-order valence-electron chi connectivity index (χ4n) is 2.65. The predicted octanol–water partition coefficient (Wildman–Crippen LogP) is 2.51. The van der Waals surface area contributed by atoms with Gasteiger partial charge in [-0.1, -0.05) is 33.1 Å². The highest BCUT2D eigenvalue weighted by Gasteiger charge is 2.18. The molecular weight excluding hydrogens is 224 g/mol. The summed E-state index contributed by atoms with van der Waals surface area (Å²) in [6, 6.07) is 0. The van der Waals surface area contributed by atoms with E-state index < -0.39 is 0 Å². The Morgan fingerprint density at radius 3 is 2.78 bits per heavy atom. The van der Waals surface area contributed by atoms with Crippen molar-refractivity contribution in [2.24, 2.45) is 16.8 Å². The van der Waals surface area contributed by atoms with Gasteiger partial charge in [-0.2, -0.15) is 0 Å². The first kappa shape index (κ1) is 15.3. The molecule has 1 atom stereocenters. The minimum atomic E-state index is 0.880. The number of likely N-dealkylation sites (tertiary alicyclic amines) is 1. The molecule has 4 heteroatoms. The largest absolute Gasteiger partial charge is 0.342 e. The topological polar surface area (TPSA) is 53.6 Å². The number of hydrogen-bond donors (Lipinski definition) is 2. The van der Waals surface area contributed by atoms with Crippen molar-refractivity contribution in [2.75, 3.05) is 19.6 Å². The average Bonchev–Trinajstić information content (AvgIpc) is 2.61. The van der Waals surface area contributed by atoms with Crippen LogP contribution < -0.4 is 11.3 Å². The van der Waals surface area contributed by atoms with Crippen molar-refractivity contribution < 1.29 is 0 Å². The molecule has 1 aliphatic rings. The van der Waals surface area contributed by atoms with E-state index in [0.29, 0.717) is 0 Å². The Balaban J connectivity index is 2.46. The third-order valence-corrected chi connectivity index (χ3v) is 3.75. The highest BCUT2D eigenvalue weighted by molar-refractivity contribution is 5.79. The molecule has 0 aromatic rings. The Kier molecular flexibility index (Phi) is 7.81. The summed E-state index contributed by atoms with van der Waals surface area (Å²) in [4.78, 5) is 6.90. The molecule has 1 fully saturated rings. The molecule has 0 bridgehead atoms. The highest BCUT2D eigenvalue weighted by atomic mass is 15.4. The molecule has 0 spiro atoms. The monoisotopic (exact) mass is 254 g/mol. The number of hydrazine groups is 1. The van der Waals surface area contributed by atoms with Crippen molar-refractivity contribution >= 4 is 5.96 Å². The molecule has 0 amide bonds. The van der Waals surface area contributed by atoms with Crippen molar-refractivity contribution in [3.05, 3.63) is 0 Å². The summed E-state index contributed by atoms with van der Waals surface area (Å²) in [5.74, 6) is 7.40. The molecule has 0 saturated carbocycles. The molecule has 106 valence electrons. The van der Waals surface area contributed by atoms with E-state index in [2.05, 4.69) is 29.2 Å². The SMILES string of the molecule is CCCCN=C(NN)N1CCCC(CCC)CC1. The maximum absolute atomic E-state index is 5.61. The van der Waals surface area contributed by atoms with Crippen molar-refractivity contribution in [1.29, 1.82) is 0 Å². The van der Waals surface area contributed by atoms with Crippen molar-refractivity contribution in [3.63, 3.8) is 0 Å². The van der Waals surface area contributed by atoms with Crippen molar-refractivity contribution in [1.82, 2.24) is 10.3 Å².